The summed E-state index contributed by atoms with van der Waals surface area (Å²) in [7, 11) is 0. The molecular weight excluding hydrogens is 474 g/mol. The number of aliphatic hydroxyl groups excluding tert-OH is 1. The Balaban J connectivity index is 1.67. The van der Waals surface area contributed by atoms with Crippen molar-refractivity contribution in [3.8, 4) is 5.75 Å². The zero-order chi connectivity index (χ0) is 24.7. The summed E-state index contributed by atoms with van der Waals surface area (Å²) in [6.07, 6.45) is 1.30. The van der Waals surface area contributed by atoms with Crippen LogP contribution in [0.1, 0.15) is 29.1 Å². The minimum Gasteiger partial charge on any atom is -0.503 e. The van der Waals surface area contributed by atoms with Gasteiger partial charge in [0.05, 0.1) is 39.6 Å². The summed E-state index contributed by atoms with van der Waals surface area (Å²) in [5, 5.41) is 22.4. The number of aromatic nitrogens is 1. The van der Waals surface area contributed by atoms with Crippen LogP contribution in [0.4, 0.5) is 10.8 Å². The molecule has 176 valence electrons. The molecule has 0 spiro atoms. The summed E-state index contributed by atoms with van der Waals surface area (Å²) in [5.41, 5.74) is 0.376. The number of carbonyl (C=O) groups is 2. The van der Waals surface area contributed by atoms with Crippen molar-refractivity contribution in [3.05, 3.63) is 93.6 Å². The maximum Gasteiger partial charge on any atom is 0.296 e. The van der Waals surface area contributed by atoms with Gasteiger partial charge in [0.1, 0.15) is 5.75 Å². The number of rotatable bonds is 7. The molecule has 0 bridgehead atoms. The number of aliphatic hydroxyl groups is 1. The number of benzene rings is 2. The zero-order valence-corrected chi connectivity index (χ0v) is 19.0. The highest BCUT2D eigenvalue weighted by atomic mass is 32.1. The number of non-ortho nitro benzene ring substituents is 1. The van der Waals surface area contributed by atoms with Crippen LogP contribution in [-0.4, -0.2) is 33.3 Å². The average Bonchev–Trinajstić information content (AvgIpc) is 3.58. The van der Waals surface area contributed by atoms with Gasteiger partial charge in [0.25, 0.3) is 11.6 Å². The first kappa shape index (κ1) is 22.3. The molecule has 2 aromatic carbocycles. The summed E-state index contributed by atoms with van der Waals surface area (Å²) in [6.45, 7) is 2.34. The lowest BCUT2D eigenvalue weighted by Gasteiger charge is -2.24. The summed E-state index contributed by atoms with van der Waals surface area (Å²) in [5.74, 6) is -1.77. The Morgan fingerprint density at radius 2 is 2.09 bits per heavy atom. The van der Waals surface area contributed by atoms with Gasteiger partial charge in [-0.3, -0.25) is 24.6 Å². The third-order valence-electron chi connectivity index (χ3n) is 5.46. The van der Waals surface area contributed by atoms with Crippen molar-refractivity contribution in [2.45, 2.75) is 13.0 Å². The molecule has 1 aliphatic heterocycles. The average molecular weight is 491 g/mol. The van der Waals surface area contributed by atoms with Crippen molar-refractivity contribution in [1.29, 1.82) is 0 Å². The van der Waals surface area contributed by atoms with Gasteiger partial charge in [-0.15, -0.1) is 0 Å². The second kappa shape index (κ2) is 8.69. The molecule has 0 saturated heterocycles. The second-order valence-corrected chi connectivity index (χ2v) is 8.57. The van der Waals surface area contributed by atoms with Crippen molar-refractivity contribution >= 4 is 44.1 Å². The number of ketones is 1. The number of fused-ring (bicyclic) bond motifs is 1. The molecule has 3 heterocycles. The molecule has 1 aliphatic rings. The Morgan fingerprint density at radius 3 is 2.80 bits per heavy atom. The van der Waals surface area contributed by atoms with Gasteiger partial charge in [-0.25, -0.2) is 4.98 Å². The number of Topliss-reactive ketones (excluding diaryl/α,β-unsaturated/α-hetero) is 1. The Hall–Kier alpha value is -4.51. The Kier molecular flexibility index (Phi) is 5.53. The molecule has 1 amide bonds. The maximum atomic E-state index is 13.3. The summed E-state index contributed by atoms with van der Waals surface area (Å²) in [6, 6.07) is 12.6. The van der Waals surface area contributed by atoms with E-state index in [1.165, 1.54) is 52.8 Å². The lowest BCUT2D eigenvalue weighted by molar-refractivity contribution is -0.384. The first-order valence-electron chi connectivity index (χ1n) is 10.5. The standard InChI is InChI=1S/C24H17N3O7S/c1-2-33-15-8-9-16-18(12-15)35-24(25-16)26-20(13-5-3-6-14(11-13)27(31)32)19(22(29)23(26)30)21(28)17-7-4-10-34-17/h3-12,20,29H,2H2,1H3/t20-/m1/s1. The monoisotopic (exact) mass is 491 g/mol. The number of amides is 1. The number of carbonyl (C=O) groups excluding carboxylic acids is 2. The molecule has 35 heavy (non-hydrogen) atoms. The van der Waals surface area contributed by atoms with Crippen LogP contribution in [-0.2, 0) is 4.79 Å². The summed E-state index contributed by atoms with van der Waals surface area (Å²) >= 11 is 1.17. The molecule has 1 N–H and O–H groups in total. The number of hydrogen-bond donors (Lipinski definition) is 1. The van der Waals surface area contributed by atoms with Gasteiger partial charge in [-0.05, 0) is 42.8 Å². The topological polar surface area (TPSA) is 136 Å². The highest BCUT2D eigenvalue weighted by Crippen LogP contribution is 2.45. The normalized spacial score (nSPS) is 15.7. The van der Waals surface area contributed by atoms with E-state index in [2.05, 4.69) is 4.98 Å². The van der Waals surface area contributed by atoms with Crippen LogP contribution in [0.5, 0.6) is 5.75 Å². The van der Waals surface area contributed by atoms with Gasteiger partial charge in [-0.2, -0.15) is 0 Å². The van der Waals surface area contributed by atoms with Crippen LogP contribution in [0.25, 0.3) is 10.2 Å². The van der Waals surface area contributed by atoms with Crippen molar-refractivity contribution in [1.82, 2.24) is 4.98 Å². The van der Waals surface area contributed by atoms with Crippen LogP contribution in [0, 0.1) is 10.1 Å². The molecule has 4 aromatic rings. The Morgan fingerprint density at radius 1 is 1.26 bits per heavy atom. The van der Waals surface area contributed by atoms with Crippen LogP contribution in [0.2, 0.25) is 0 Å². The zero-order valence-electron chi connectivity index (χ0n) is 18.2. The Labute approximate surface area is 201 Å². The predicted octanol–water partition coefficient (Wildman–Crippen LogP) is 4.98. The van der Waals surface area contributed by atoms with E-state index >= 15 is 0 Å². The molecule has 0 unspecified atom stereocenters. The van der Waals surface area contributed by atoms with E-state index in [0.717, 1.165) is 4.70 Å². The van der Waals surface area contributed by atoms with Crippen LogP contribution in [0.15, 0.2) is 76.6 Å². The van der Waals surface area contributed by atoms with Gasteiger partial charge >= 0.3 is 0 Å². The van der Waals surface area contributed by atoms with Crippen LogP contribution < -0.4 is 9.64 Å². The number of nitrogens with zero attached hydrogens (tertiary/aromatic N) is 3. The second-order valence-electron chi connectivity index (χ2n) is 7.56. The first-order chi connectivity index (χ1) is 16.9. The van der Waals surface area contributed by atoms with Crippen molar-refractivity contribution in [2.75, 3.05) is 11.5 Å². The van der Waals surface area contributed by atoms with Crippen LogP contribution >= 0.6 is 11.3 Å². The third-order valence-corrected chi connectivity index (χ3v) is 6.48. The molecule has 2 aromatic heterocycles. The van der Waals surface area contributed by atoms with E-state index in [0.29, 0.717) is 17.9 Å². The molecule has 1 atom stereocenters. The quantitative estimate of drug-likeness (QED) is 0.217. The lowest BCUT2D eigenvalue weighted by Crippen LogP contribution is -2.31. The van der Waals surface area contributed by atoms with Gasteiger partial charge in [0.15, 0.2) is 16.7 Å². The fraction of sp³-hybridized carbons (Fsp3) is 0.125. The van der Waals surface area contributed by atoms with Gasteiger partial charge in [0.2, 0.25) is 5.78 Å². The van der Waals surface area contributed by atoms with Crippen molar-refractivity contribution in [2.24, 2.45) is 0 Å². The SMILES string of the molecule is CCOc1ccc2nc(N3C(=O)C(O)=C(C(=O)c4ccco4)[C@H]3c3cccc([N+](=O)[O-])c3)sc2c1. The van der Waals surface area contributed by atoms with Crippen molar-refractivity contribution < 1.29 is 28.8 Å². The largest absolute Gasteiger partial charge is 0.503 e. The maximum absolute atomic E-state index is 13.3. The molecule has 0 aliphatic carbocycles. The minimum atomic E-state index is -1.16. The van der Waals surface area contributed by atoms with E-state index in [9.17, 15) is 24.8 Å². The van der Waals surface area contributed by atoms with Gasteiger partial charge in [-0.1, -0.05) is 23.5 Å². The van der Waals surface area contributed by atoms with Crippen molar-refractivity contribution in [3.63, 3.8) is 0 Å². The summed E-state index contributed by atoms with van der Waals surface area (Å²) < 4.78 is 11.5. The molecule has 0 saturated carbocycles. The molecule has 11 heteroatoms. The number of anilines is 1. The van der Waals surface area contributed by atoms with E-state index < -0.39 is 28.4 Å². The number of nitro groups is 1. The van der Waals surface area contributed by atoms with E-state index in [4.69, 9.17) is 9.15 Å². The number of ether oxygens (including phenoxy) is 1. The smallest absolute Gasteiger partial charge is 0.296 e. The number of thiazole rings is 1. The van der Waals surface area contributed by atoms with E-state index in [1.807, 2.05) is 6.92 Å². The lowest BCUT2D eigenvalue weighted by atomic mass is 9.95. The van der Waals surface area contributed by atoms with E-state index in [1.54, 1.807) is 24.3 Å². The third kappa shape index (κ3) is 3.81. The Bertz CT molecular complexity index is 1510. The highest BCUT2D eigenvalue weighted by Gasteiger charge is 2.46. The van der Waals surface area contributed by atoms with Gasteiger partial charge < -0.3 is 14.3 Å². The first-order valence-corrected chi connectivity index (χ1v) is 11.3. The minimum absolute atomic E-state index is 0.0812. The molecule has 10 nitrogen and oxygen atoms in total. The molecule has 0 fully saturated rings. The fourth-order valence-corrected chi connectivity index (χ4v) is 4.97. The number of hydrogen-bond acceptors (Lipinski definition) is 9. The number of nitro benzene ring substituents is 1. The molecule has 0 radical (unpaired) electrons. The molecular formula is C24H17N3O7S. The van der Waals surface area contributed by atoms with Gasteiger partial charge in [0, 0.05) is 12.1 Å². The molecule has 5 rings (SSSR count). The summed E-state index contributed by atoms with van der Waals surface area (Å²) in [4.78, 5) is 43.1. The van der Waals surface area contributed by atoms with Crippen LogP contribution in [0.3, 0.4) is 0 Å². The fourth-order valence-electron chi connectivity index (χ4n) is 3.95. The van der Waals surface area contributed by atoms with E-state index in [-0.39, 0.29) is 27.7 Å². The predicted molar refractivity (Wildman–Crippen MR) is 127 cm³/mol. The number of furan rings is 1. The highest BCUT2D eigenvalue weighted by molar-refractivity contribution is 7.22.